The van der Waals surface area contributed by atoms with Crippen molar-refractivity contribution in [2.24, 2.45) is 22.2 Å². The largest absolute Gasteiger partial charge is 0.480 e. The summed E-state index contributed by atoms with van der Waals surface area (Å²) in [5.41, 5.74) is 15.0. The second-order valence-corrected chi connectivity index (χ2v) is 2.69. The minimum Gasteiger partial charge on any atom is -0.480 e. The summed E-state index contributed by atoms with van der Waals surface area (Å²) in [4.78, 5) is 13.7. The summed E-state index contributed by atoms with van der Waals surface area (Å²) in [7, 11) is 0. The third kappa shape index (κ3) is 4.03. The maximum absolute atomic E-state index is 10.3. The van der Waals surface area contributed by atoms with Crippen LogP contribution >= 0.6 is 0 Å². The molecule has 0 bridgehead atoms. The van der Waals surface area contributed by atoms with Gasteiger partial charge in [0.2, 0.25) is 0 Å². The van der Waals surface area contributed by atoms with Crippen molar-refractivity contribution in [3.8, 4) is 0 Å². The van der Waals surface area contributed by atoms with Gasteiger partial charge in [-0.25, -0.2) is 0 Å². The number of aliphatic hydroxyl groups is 2. The summed E-state index contributed by atoms with van der Waals surface area (Å²) in [5, 5.41) is 26.7. The molecule has 3 atom stereocenters. The minimum absolute atomic E-state index is 0.264. The lowest BCUT2D eigenvalue weighted by molar-refractivity contribution is -0.143. The van der Waals surface area contributed by atoms with Crippen LogP contribution in [0.25, 0.3) is 0 Å². The number of hydrogen-bond acceptors (Lipinski definition) is 5. The van der Waals surface area contributed by atoms with E-state index < -0.39 is 24.2 Å². The zero-order valence-electron chi connectivity index (χ0n) is 7.37. The van der Waals surface area contributed by atoms with Crippen LogP contribution in [0, 0.1) is 0 Å². The van der Waals surface area contributed by atoms with E-state index in [0.29, 0.717) is 0 Å². The molecule has 0 rings (SSSR count). The number of carboxylic acids is 1. The summed E-state index contributed by atoms with van der Waals surface area (Å²) in [6, 6.07) is -1.57. The first kappa shape index (κ1) is 12.6. The third-order valence-corrected chi connectivity index (χ3v) is 1.51. The van der Waals surface area contributed by atoms with Gasteiger partial charge in [0, 0.05) is 0 Å². The van der Waals surface area contributed by atoms with Gasteiger partial charge in [-0.05, 0) is 0 Å². The lowest BCUT2D eigenvalue weighted by Gasteiger charge is -2.19. The molecule has 0 aliphatic carbocycles. The first-order valence-corrected chi connectivity index (χ1v) is 3.76. The van der Waals surface area contributed by atoms with Crippen LogP contribution in [0.5, 0.6) is 0 Å². The standard InChI is InChI=1S/C6H14N4O4/c7-3(5(13)14)4(12)2(11)1-10-6(8)9/h2-4,11-12H,1,7H2,(H,13,14)(H4,8,9,10)/t2-,3+,4-/m1/s1. The summed E-state index contributed by atoms with van der Waals surface area (Å²) in [6.07, 6.45) is -3.03. The van der Waals surface area contributed by atoms with Gasteiger partial charge in [-0.3, -0.25) is 9.79 Å². The Hall–Kier alpha value is -1.38. The molecule has 0 saturated carbocycles. The van der Waals surface area contributed by atoms with Crippen LogP contribution in [0.15, 0.2) is 4.99 Å². The Morgan fingerprint density at radius 2 is 1.86 bits per heavy atom. The van der Waals surface area contributed by atoms with Crippen molar-refractivity contribution in [1.82, 2.24) is 0 Å². The number of aliphatic imine (C=N–C) groups is 1. The van der Waals surface area contributed by atoms with Gasteiger partial charge in [0.15, 0.2) is 5.96 Å². The van der Waals surface area contributed by atoms with Crippen molar-refractivity contribution in [3.05, 3.63) is 0 Å². The number of carbonyl (C=O) groups is 1. The fraction of sp³-hybridized carbons (Fsp3) is 0.667. The number of guanidine groups is 1. The van der Waals surface area contributed by atoms with Gasteiger partial charge in [0.1, 0.15) is 18.2 Å². The van der Waals surface area contributed by atoms with Crippen LogP contribution in [0.1, 0.15) is 0 Å². The molecular formula is C6H14N4O4. The van der Waals surface area contributed by atoms with Crippen molar-refractivity contribution in [2.75, 3.05) is 6.54 Å². The maximum Gasteiger partial charge on any atom is 0.323 e. The molecular weight excluding hydrogens is 192 g/mol. The number of aliphatic hydroxyl groups excluding tert-OH is 2. The van der Waals surface area contributed by atoms with Crippen LogP contribution in [-0.2, 0) is 4.79 Å². The molecule has 0 heterocycles. The van der Waals surface area contributed by atoms with E-state index in [2.05, 4.69) is 4.99 Å². The molecule has 9 N–H and O–H groups in total. The Labute approximate surface area is 80.0 Å². The van der Waals surface area contributed by atoms with E-state index in [0.717, 1.165) is 0 Å². The predicted octanol–water partition coefficient (Wildman–Crippen LogP) is -3.61. The Balaban J connectivity index is 4.18. The molecule has 0 radical (unpaired) electrons. The van der Waals surface area contributed by atoms with Gasteiger partial charge < -0.3 is 32.5 Å². The summed E-state index contributed by atoms with van der Waals surface area (Å²) in [5.74, 6) is -1.68. The van der Waals surface area contributed by atoms with Crippen LogP contribution in [0.4, 0.5) is 0 Å². The zero-order chi connectivity index (χ0) is 11.3. The highest BCUT2D eigenvalue weighted by molar-refractivity contribution is 5.75. The minimum atomic E-state index is -1.62. The molecule has 0 aliphatic heterocycles. The van der Waals surface area contributed by atoms with Crippen molar-refractivity contribution < 1.29 is 20.1 Å². The normalized spacial score (nSPS) is 16.8. The highest BCUT2D eigenvalue weighted by atomic mass is 16.4. The topological polar surface area (TPSA) is 168 Å². The highest BCUT2D eigenvalue weighted by Crippen LogP contribution is 1.99. The van der Waals surface area contributed by atoms with Gasteiger partial charge in [0.05, 0.1) is 6.54 Å². The molecule has 0 aromatic rings. The van der Waals surface area contributed by atoms with E-state index in [4.69, 9.17) is 27.4 Å². The first-order chi connectivity index (χ1) is 6.36. The SMILES string of the molecule is NC(N)=NC[C@@H](O)[C@@H](O)[C@H](N)C(=O)O. The van der Waals surface area contributed by atoms with Crippen molar-refractivity contribution >= 4 is 11.9 Å². The third-order valence-electron chi connectivity index (χ3n) is 1.51. The second-order valence-electron chi connectivity index (χ2n) is 2.69. The molecule has 8 heteroatoms. The van der Waals surface area contributed by atoms with Gasteiger partial charge in [0.25, 0.3) is 0 Å². The first-order valence-electron chi connectivity index (χ1n) is 3.76. The van der Waals surface area contributed by atoms with Crippen LogP contribution in [0.2, 0.25) is 0 Å². The number of aliphatic carboxylic acids is 1. The molecule has 0 unspecified atom stereocenters. The Bertz CT molecular complexity index is 228. The number of nitrogens with zero attached hydrogens (tertiary/aromatic N) is 1. The van der Waals surface area contributed by atoms with Crippen molar-refractivity contribution in [2.45, 2.75) is 18.2 Å². The number of rotatable bonds is 5. The second kappa shape index (κ2) is 5.37. The van der Waals surface area contributed by atoms with Gasteiger partial charge in [-0.15, -0.1) is 0 Å². The van der Waals surface area contributed by atoms with Gasteiger partial charge in [-0.1, -0.05) is 0 Å². The average molecular weight is 206 g/mol. The Kier molecular flexibility index (Phi) is 4.84. The lowest BCUT2D eigenvalue weighted by Crippen LogP contribution is -2.49. The van der Waals surface area contributed by atoms with E-state index in [1.54, 1.807) is 0 Å². The number of nitrogens with two attached hydrogens (primary N) is 3. The maximum atomic E-state index is 10.3. The number of carboxylic acid groups (broad SMARTS) is 1. The summed E-state index contributed by atoms with van der Waals surface area (Å²) < 4.78 is 0. The van der Waals surface area contributed by atoms with Gasteiger partial charge >= 0.3 is 5.97 Å². The highest BCUT2D eigenvalue weighted by Gasteiger charge is 2.28. The monoisotopic (exact) mass is 206 g/mol. The fourth-order valence-corrected chi connectivity index (χ4v) is 0.692. The smallest absolute Gasteiger partial charge is 0.323 e. The molecule has 0 fully saturated rings. The molecule has 0 spiro atoms. The Morgan fingerprint density at radius 1 is 1.36 bits per heavy atom. The average Bonchev–Trinajstić information content (AvgIpc) is 2.11. The number of hydrogen-bond donors (Lipinski definition) is 6. The molecule has 0 saturated heterocycles. The van der Waals surface area contributed by atoms with Crippen LogP contribution in [-0.4, -0.2) is 52.0 Å². The fourth-order valence-electron chi connectivity index (χ4n) is 0.692. The molecule has 82 valence electrons. The quantitative estimate of drug-likeness (QED) is 0.199. The molecule has 0 aromatic heterocycles. The van der Waals surface area contributed by atoms with Crippen LogP contribution in [0.3, 0.4) is 0 Å². The van der Waals surface area contributed by atoms with E-state index in [1.165, 1.54) is 0 Å². The zero-order valence-corrected chi connectivity index (χ0v) is 7.37. The van der Waals surface area contributed by atoms with E-state index in [-0.39, 0.29) is 12.5 Å². The molecule has 8 nitrogen and oxygen atoms in total. The molecule has 0 aromatic carbocycles. The van der Waals surface area contributed by atoms with Crippen molar-refractivity contribution in [1.29, 1.82) is 0 Å². The van der Waals surface area contributed by atoms with Gasteiger partial charge in [-0.2, -0.15) is 0 Å². The summed E-state index contributed by atoms with van der Waals surface area (Å²) in [6.45, 7) is -0.301. The van der Waals surface area contributed by atoms with Crippen LogP contribution < -0.4 is 17.2 Å². The lowest BCUT2D eigenvalue weighted by atomic mass is 10.1. The predicted molar refractivity (Wildman–Crippen MR) is 48.3 cm³/mol. The Morgan fingerprint density at radius 3 is 2.21 bits per heavy atom. The van der Waals surface area contributed by atoms with E-state index in [1.807, 2.05) is 0 Å². The molecule has 0 amide bonds. The molecule has 0 aliphatic rings. The summed E-state index contributed by atoms with van der Waals surface area (Å²) >= 11 is 0. The van der Waals surface area contributed by atoms with E-state index in [9.17, 15) is 9.90 Å². The van der Waals surface area contributed by atoms with E-state index >= 15 is 0 Å². The van der Waals surface area contributed by atoms with Crippen molar-refractivity contribution in [3.63, 3.8) is 0 Å². The molecule has 14 heavy (non-hydrogen) atoms.